The van der Waals surface area contributed by atoms with Gasteiger partial charge in [-0.3, -0.25) is 9.59 Å². The number of aromatic amines is 1. The van der Waals surface area contributed by atoms with Crippen LogP contribution in [-0.2, 0) is 16.6 Å². The van der Waals surface area contributed by atoms with E-state index in [4.69, 9.17) is 4.52 Å². The van der Waals surface area contributed by atoms with Crippen LogP contribution in [0, 0.1) is 12.8 Å². The number of hydrogen-bond acceptors (Lipinski definition) is 7. The topological polar surface area (TPSA) is 140 Å². The average Bonchev–Trinajstić information content (AvgIpc) is 3.28. The molecule has 0 aliphatic rings. The lowest BCUT2D eigenvalue weighted by molar-refractivity contribution is 0.311. The molecule has 0 aliphatic heterocycles. The van der Waals surface area contributed by atoms with Crippen LogP contribution < -0.4 is 15.8 Å². The molecule has 1 unspecified atom stereocenters. The van der Waals surface area contributed by atoms with Crippen molar-refractivity contribution < 1.29 is 12.9 Å². The number of sulfonamides is 1. The summed E-state index contributed by atoms with van der Waals surface area (Å²) in [4.78, 5) is 31.2. The molecule has 0 saturated carbocycles. The Morgan fingerprint density at radius 1 is 1.12 bits per heavy atom. The van der Waals surface area contributed by atoms with Crippen LogP contribution in [0.1, 0.15) is 38.3 Å². The lowest BCUT2D eigenvalue weighted by Gasteiger charge is -2.18. The number of aryl methyl sites for hydroxylation is 2. The zero-order valence-electron chi connectivity index (χ0n) is 19.2. The smallest absolute Gasteiger partial charge is 0.316 e. The number of nitrogens with zero attached hydrogens (tertiary/aromatic N) is 3. The highest BCUT2D eigenvalue weighted by Gasteiger charge is 2.29. The van der Waals surface area contributed by atoms with E-state index in [-0.39, 0.29) is 22.5 Å². The predicted octanol–water partition coefficient (Wildman–Crippen LogP) is 2.74. The second-order valence-electron chi connectivity index (χ2n) is 8.35. The molecule has 2 aromatic carbocycles. The Balaban J connectivity index is 1.69. The van der Waals surface area contributed by atoms with Gasteiger partial charge in [-0.05, 0) is 50.1 Å². The van der Waals surface area contributed by atoms with E-state index in [2.05, 4.69) is 19.8 Å². The van der Waals surface area contributed by atoms with Gasteiger partial charge in [-0.1, -0.05) is 36.7 Å². The average molecular weight is 484 g/mol. The second kappa shape index (κ2) is 8.99. The van der Waals surface area contributed by atoms with Crippen molar-refractivity contribution in [3.63, 3.8) is 0 Å². The Morgan fingerprint density at radius 2 is 1.82 bits per heavy atom. The van der Waals surface area contributed by atoms with Crippen LogP contribution >= 0.6 is 0 Å². The fourth-order valence-corrected chi connectivity index (χ4v) is 4.97. The summed E-state index contributed by atoms with van der Waals surface area (Å²) in [5, 5.41) is 4.01. The van der Waals surface area contributed by atoms with E-state index < -0.39 is 27.2 Å². The molecule has 0 saturated heterocycles. The van der Waals surface area contributed by atoms with Crippen LogP contribution in [0.3, 0.4) is 0 Å². The molecule has 0 spiro atoms. The fourth-order valence-electron chi connectivity index (χ4n) is 3.64. The van der Waals surface area contributed by atoms with Gasteiger partial charge < -0.3 is 14.1 Å². The van der Waals surface area contributed by atoms with Gasteiger partial charge >= 0.3 is 11.1 Å². The maximum Gasteiger partial charge on any atom is 0.316 e. The van der Waals surface area contributed by atoms with Crippen molar-refractivity contribution >= 4 is 21.1 Å². The van der Waals surface area contributed by atoms with E-state index in [1.54, 1.807) is 49.4 Å². The maximum atomic E-state index is 12.9. The van der Waals surface area contributed by atoms with Gasteiger partial charge in [-0.15, -0.1) is 0 Å². The highest BCUT2D eigenvalue weighted by atomic mass is 32.2. The summed E-state index contributed by atoms with van der Waals surface area (Å²) in [7, 11) is -3.82. The third kappa shape index (κ3) is 4.44. The molecule has 0 bridgehead atoms. The molecule has 0 amide bonds. The minimum absolute atomic E-state index is 0.118. The molecule has 10 nitrogen and oxygen atoms in total. The summed E-state index contributed by atoms with van der Waals surface area (Å²) in [6, 6.07) is 10.8. The molecule has 34 heavy (non-hydrogen) atoms. The van der Waals surface area contributed by atoms with E-state index in [1.165, 1.54) is 4.57 Å². The molecule has 2 N–H and O–H groups in total. The number of aromatic nitrogens is 4. The quantitative estimate of drug-likeness (QED) is 0.385. The molecule has 4 aromatic rings. The van der Waals surface area contributed by atoms with E-state index in [0.29, 0.717) is 23.1 Å². The Bertz CT molecular complexity index is 1570. The minimum atomic E-state index is -3.82. The number of hydrogen-bond donors (Lipinski definition) is 2. The molecule has 1 atom stereocenters. The Labute approximate surface area is 195 Å². The van der Waals surface area contributed by atoms with Crippen molar-refractivity contribution in [2.24, 2.45) is 5.92 Å². The molecule has 0 aliphatic carbocycles. The molecule has 0 fully saturated rings. The van der Waals surface area contributed by atoms with Gasteiger partial charge in [0.05, 0.1) is 15.9 Å². The Morgan fingerprint density at radius 3 is 2.47 bits per heavy atom. The van der Waals surface area contributed by atoms with Crippen molar-refractivity contribution in [2.45, 2.75) is 45.2 Å². The van der Waals surface area contributed by atoms with E-state index in [1.807, 2.05) is 20.8 Å². The van der Waals surface area contributed by atoms with Gasteiger partial charge in [-0.2, -0.15) is 9.71 Å². The summed E-state index contributed by atoms with van der Waals surface area (Å²) in [5.74, 6) is 0.167. The van der Waals surface area contributed by atoms with Gasteiger partial charge in [0.25, 0.3) is 0 Å². The van der Waals surface area contributed by atoms with Crippen LogP contribution in [0.5, 0.6) is 0 Å². The Kier molecular flexibility index (Phi) is 6.24. The summed E-state index contributed by atoms with van der Waals surface area (Å²) >= 11 is 0. The van der Waals surface area contributed by atoms with E-state index >= 15 is 0 Å². The minimum Gasteiger partial charge on any atom is -0.337 e. The van der Waals surface area contributed by atoms with Gasteiger partial charge in [0, 0.05) is 12.1 Å². The third-order valence-electron chi connectivity index (χ3n) is 5.54. The molecule has 2 aromatic heterocycles. The summed E-state index contributed by atoms with van der Waals surface area (Å²) in [6.07, 6.45) is 0. The first-order valence-corrected chi connectivity index (χ1v) is 12.3. The highest BCUT2D eigenvalue weighted by molar-refractivity contribution is 7.89. The number of fused-ring (bicyclic) bond motifs is 1. The summed E-state index contributed by atoms with van der Waals surface area (Å²) in [5.41, 5.74) is 1.19. The van der Waals surface area contributed by atoms with Gasteiger partial charge in [0.1, 0.15) is 6.04 Å². The molecular formula is C23H25N5O5S. The normalized spacial score (nSPS) is 13.0. The fraction of sp³-hybridized carbons (Fsp3) is 0.304. The van der Waals surface area contributed by atoms with Crippen LogP contribution in [0.4, 0.5) is 0 Å². The zero-order chi connectivity index (χ0) is 24.6. The Hall–Kier alpha value is -3.57. The maximum absolute atomic E-state index is 12.9. The lowest BCUT2D eigenvalue weighted by atomic mass is 10.1. The van der Waals surface area contributed by atoms with Crippen molar-refractivity contribution in [3.8, 4) is 11.4 Å². The second-order valence-corrected chi connectivity index (χ2v) is 10.1. The SMILES string of the molecule is CCn1c(=O)c(=O)[nH]c2cc(-c3noc(C(NS(=O)(=O)c4ccc(C)cc4)C(C)C)n3)ccc21. The largest absolute Gasteiger partial charge is 0.337 e. The molecular weight excluding hydrogens is 458 g/mol. The third-order valence-corrected chi connectivity index (χ3v) is 6.99. The molecule has 11 heteroatoms. The van der Waals surface area contributed by atoms with Crippen LogP contribution in [-0.4, -0.2) is 28.1 Å². The number of H-pyrrole nitrogens is 1. The van der Waals surface area contributed by atoms with Crippen LogP contribution in [0.25, 0.3) is 22.4 Å². The van der Waals surface area contributed by atoms with Crippen molar-refractivity contribution in [1.82, 2.24) is 24.4 Å². The first-order valence-electron chi connectivity index (χ1n) is 10.8. The molecule has 0 radical (unpaired) electrons. The van der Waals surface area contributed by atoms with Crippen molar-refractivity contribution in [1.29, 1.82) is 0 Å². The van der Waals surface area contributed by atoms with E-state index in [9.17, 15) is 18.0 Å². The highest BCUT2D eigenvalue weighted by Crippen LogP contribution is 2.26. The first kappa shape index (κ1) is 23.6. The molecule has 4 rings (SSSR count). The van der Waals surface area contributed by atoms with Gasteiger partial charge in [0.2, 0.25) is 21.7 Å². The van der Waals surface area contributed by atoms with Crippen molar-refractivity contribution in [2.75, 3.05) is 0 Å². The lowest BCUT2D eigenvalue weighted by Crippen LogP contribution is -2.35. The summed E-state index contributed by atoms with van der Waals surface area (Å²) in [6.45, 7) is 7.70. The number of rotatable bonds is 7. The van der Waals surface area contributed by atoms with Crippen molar-refractivity contribution in [3.05, 3.63) is 74.6 Å². The number of benzene rings is 2. The van der Waals surface area contributed by atoms with Gasteiger partial charge in [-0.25, -0.2) is 8.42 Å². The van der Waals surface area contributed by atoms with Crippen LogP contribution in [0.15, 0.2) is 61.5 Å². The monoisotopic (exact) mass is 483 g/mol. The van der Waals surface area contributed by atoms with Crippen LogP contribution in [0.2, 0.25) is 0 Å². The molecule has 178 valence electrons. The predicted molar refractivity (Wildman–Crippen MR) is 127 cm³/mol. The number of nitrogens with one attached hydrogen (secondary N) is 2. The van der Waals surface area contributed by atoms with Gasteiger partial charge in [0.15, 0.2) is 0 Å². The van der Waals surface area contributed by atoms with E-state index in [0.717, 1.165) is 5.56 Å². The summed E-state index contributed by atoms with van der Waals surface area (Å²) < 4.78 is 35.3. The first-order chi connectivity index (χ1) is 16.1. The standard InChI is InChI=1S/C23H25N5O5S/c1-5-28-18-11-8-15(12-17(18)24-21(29)23(28)30)20-25-22(33-26-20)19(13(2)3)27-34(31,32)16-9-6-14(4)7-10-16/h6-13,19,27H,5H2,1-4H3,(H,24,29). The molecule has 2 heterocycles. The zero-order valence-corrected chi connectivity index (χ0v) is 20.0.